The second-order valence-corrected chi connectivity index (χ2v) is 6.97. The molecule has 0 saturated carbocycles. The minimum absolute atomic E-state index is 0.0606. The van der Waals surface area contributed by atoms with Gasteiger partial charge in [-0.05, 0) is 24.8 Å². The number of hydrogen-bond donors (Lipinski definition) is 0. The maximum Gasteiger partial charge on any atom is 0.211 e. The maximum atomic E-state index is 11.4. The SMILES string of the molecule is CS(=O)(=O)N1CC[C@H](OCCCc2ccccc2)C1. The molecule has 0 aromatic heterocycles. The first-order chi connectivity index (χ1) is 9.05. The summed E-state index contributed by atoms with van der Waals surface area (Å²) in [6.07, 6.45) is 4.09. The lowest BCUT2D eigenvalue weighted by molar-refractivity contribution is 0.0621. The Bertz CT molecular complexity index is 487. The molecule has 0 amide bonds. The lowest BCUT2D eigenvalue weighted by Gasteiger charge is -2.14. The first-order valence-corrected chi connectivity index (χ1v) is 8.51. The van der Waals surface area contributed by atoms with Crippen molar-refractivity contribution in [3.05, 3.63) is 35.9 Å². The average molecular weight is 283 g/mol. The van der Waals surface area contributed by atoms with E-state index in [9.17, 15) is 8.42 Å². The summed E-state index contributed by atoms with van der Waals surface area (Å²) in [6.45, 7) is 1.78. The second kappa shape index (κ2) is 6.50. The molecule has 1 saturated heterocycles. The minimum atomic E-state index is -3.06. The van der Waals surface area contributed by atoms with Crippen molar-refractivity contribution >= 4 is 10.0 Å². The summed E-state index contributed by atoms with van der Waals surface area (Å²) in [4.78, 5) is 0. The molecule has 19 heavy (non-hydrogen) atoms. The summed E-state index contributed by atoms with van der Waals surface area (Å²) in [7, 11) is -3.06. The topological polar surface area (TPSA) is 46.6 Å². The highest BCUT2D eigenvalue weighted by Gasteiger charge is 2.28. The summed E-state index contributed by atoms with van der Waals surface area (Å²) in [5, 5.41) is 0. The average Bonchev–Trinajstić information content (AvgIpc) is 2.85. The molecule has 0 N–H and O–H groups in total. The summed E-state index contributed by atoms with van der Waals surface area (Å²) in [6, 6.07) is 10.3. The number of nitrogens with zero attached hydrogens (tertiary/aromatic N) is 1. The first kappa shape index (κ1) is 14.5. The zero-order valence-corrected chi connectivity index (χ0v) is 12.1. The third-order valence-electron chi connectivity index (χ3n) is 3.38. The number of aryl methyl sites for hydroxylation is 1. The molecule has 0 spiro atoms. The van der Waals surface area contributed by atoms with Gasteiger partial charge in [-0.25, -0.2) is 8.42 Å². The van der Waals surface area contributed by atoms with Crippen LogP contribution in [0.25, 0.3) is 0 Å². The molecule has 5 heteroatoms. The van der Waals surface area contributed by atoms with Gasteiger partial charge >= 0.3 is 0 Å². The molecular weight excluding hydrogens is 262 g/mol. The van der Waals surface area contributed by atoms with Gasteiger partial charge in [-0.1, -0.05) is 30.3 Å². The molecule has 1 aliphatic heterocycles. The van der Waals surface area contributed by atoms with E-state index >= 15 is 0 Å². The van der Waals surface area contributed by atoms with Gasteiger partial charge in [-0.3, -0.25) is 0 Å². The smallest absolute Gasteiger partial charge is 0.211 e. The van der Waals surface area contributed by atoms with Crippen LogP contribution in [-0.4, -0.2) is 44.8 Å². The van der Waals surface area contributed by atoms with Gasteiger partial charge in [-0.2, -0.15) is 4.31 Å². The molecule has 1 aromatic carbocycles. The van der Waals surface area contributed by atoms with Crippen molar-refractivity contribution in [3.63, 3.8) is 0 Å². The fourth-order valence-corrected chi connectivity index (χ4v) is 3.18. The molecule has 4 nitrogen and oxygen atoms in total. The number of benzene rings is 1. The first-order valence-electron chi connectivity index (χ1n) is 6.66. The van der Waals surface area contributed by atoms with E-state index in [1.165, 1.54) is 16.1 Å². The van der Waals surface area contributed by atoms with Crippen LogP contribution in [0, 0.1) is 0 Å². The Hall–Kier alpha value is -0.910. The molecule has 1 heterocycles. The maximum absolute atomic E-state index is 11.4. The van der Waals surface area contributed by atoms with Crippen LogP contribution >= 0.6 is 0 Å². The van der Waals surface area contributed by atoms with Gasteiger partial charge < -0.3 is 4.74 Å². The lowest BCUT2D eigenvalue weighted by atomic mass is 10.1. The van der Waals surface area contributed by atoms with Crippen molar-refractivity contribution < 1.29 is 13.2 Å². The molecule has 106 valence electrons. The largest absolute Gasteiger partial charge is 0.377 e. The summed E-state index contributed by atoms with van der Waals surface area (Å²) in [5.41, 5.74) is 1.32. The third kappa shape index (κ3) is 4.60. The van der Waals surface area contributed by atoms with Gasteiger partial charge in [0.15, 0.2) is 0 Å². The van der Waals surface area contributed by atoms with E-state index in [1.54, 1.807) is 0 Å². The quantitative estimate of drug-likeness (QED) is 0.746. The van der Waals surface area contributed by atoms with Crippen LogP contribution in [0.3, 0.4) is 0 Å². The van der Waals surface area contributed by atoms with Crippen LogP contribution in [-0.2, 0) is 21.2 Å². The second-order valence-electron chi connectivity index (χ2n) is 4.99. The molecule has 1 fully saturated rings. The van der Waals surface area contributed by atoms with E-state index in [0.29, 0.717) is 19.7 Å². The van der Waals surface area contributed by atoms with Gasteiger partial charge in [0.2, 0.25) is 10.0 Å². The Kier molecular flexibility index (Phi) is 4.96. The number of ether oxygens (including phenoxy) is 1. The molecule has 0 aliphatic carbocycles. The lowest BCUT2D eigenvalue weighted by Crippen LogP contribution is -2.29. The van der Waals surface area contributed by atoms with E-state index in [0.717, 1.165) is 19.3 Å². The van der Waals surface area contributed by atoms with Gasteiger partial charge in [0.05, 0.1) is 12.4 Å². The van der Waals surface area contributed by atoms with Gasteiger partial charge in [0.1, 0.15) is 0 Å². The van der Waals surface area contributed by atoms with Crippen LogP contribution in [0.2, 0.25) is 0 Å². The van der Waals surface area contributed by atoms with Crippen molar-refractivity contribution in [3.8, 4) is 0 Å². The van der Waals surface area contributed by atoms with Crippen molar-refractivity contribution in [2.45, 2.75) is 25.4 Å². The molecule has 1 aliphatic rings. The summed E-state index contributed by atoms with van der Waals surface area (Å²) >= 11 is 0. The fraction of sp³-hybridized carbons (Fsp3) is 0.571. The minimum Gasteiger partial charge on any atom is -0.377 e. The standard InChI is InChI=1S/C14H21NO3S/c1-19(16,17)15-10-9-14(12-15)18-11-5-8-13-6-3-2-4-7-13/h2-4,6-7,14H,5,8-12H2,1H3/t14-/m0/s1. The molecule has 1 atom stereocenters. The summed E-state index contributed by atoms with van der Waals surface area (Å²) in [5.74, 6) is 0. The van der Waals surface area contributed by atoms with Gasteiger partial charge in [-0.15, -0.1) is 0 Å². The van der Waals surface area contributed by atoms with E-state index in [2.05, 4.69) is 12.1 Å². The zero-order chi connectivity index (χ0) is 13.7. The summed E-state index contributed by atoms with van der Waals surface area (Å²) < 4.78 is 30.0. The van der Waals surface area contributed by atoms with Gasteiger partial charge in [0, 0.05) is 19.7 Å². The van der Waals surface area contributed by atoms with Crippen LogP contribution in [0.1, 0.15) is 18.4 Å². The number of hydrogen-bond acceptors (Lipinski definition) is 3. The van der Waals surface area contributed by atoms with Crippen LogP contribution in [0.15, 0.2) is 30.3 Å². The highest BCUT2D eigenvalue weighted by molar-refractivity contribution is 7.88. The molecule has 1 aromatic rings. The Balaban J connectivity index is 1.65. The van der Waals surface area contributed by atoms with Crippen molar-refractivity contribution in [2.75, 3.05) is 26.0 Å². The zero-order valence-electron chi connectivity index (χ0n) is 11.3. The van der Waals surface area contributed by atoms with Gasteiger partial charge in [0.25, 0.3) is 0 Å². The Morgan fingerprint density at radius 3 is 2.68 bits per heavy atom. The van der Waals surface area contributed by atoms with E-state index in [-0.39, 0.29) is 6.10 Å². The molecule has 0 unspecified atom stereocenters. The molecular formula is C14H21NO3S. The monoisotopic (exact) mass is 283 g/mol. The highest BCUT2D eigenvalue weighted by Crippen LogP contribution is 2.16. The number of rotatable bonds is 6. The van der Waals surface area contributed by atoms with Crippen LogP contribution < -0.4 is 0 Å². The predicted octanol–water partition coefficient (Wildman–Crippen LogP) is 1.67. The highest BCUT2D eigenvalue weighted by atomic mass is 32.2. The third-order valence-corrected chi connectivity index (χ3v) is 4.65. The van der Waals surface area contributed by atoms with E-state index in [1.807, 2.05) is 18.2 Å². The number of sulfonamides is 1. The van der Waals surface area contributed by atoms with Crippen molar-refractivity contribution in [1.29, 1.82) is 0 Å². The Morgan fingerprint density at radius 1 is 1.32 bits per heavy atom. The van der Waals surface area contributed by atoms with Crippen molar-refractivity contribution in [1.82, 2.24) is 4.31 Å². The van der Waals surface area contributed by atoms with E-state index < -0.39 is 10.0 Å². The molecule has 2 rings (SSSR count). The predicted molar refractivity (Wildman–Crippen MR) is 75.5 cm³/mol. The Labute approximate surface area is 115 Å². The van der Waals surface area contributed by atoms with E-state index in [4.69, 9.17) is 4.74 Å². The fourth-order valence-electron chi connectivity index (χ4n) is 2.31. The van der Waals surface area contributed by atoms with Crippen molar-refractivity contribution in [2.24, 2.45) is 0 Å². The van der Waals surface area contributed by atoms with Crippen LogP contribution in [0.5, 0.6) is 0 Å². The van der Waals surface area contributed by atoms with Crippen LogP contribution in [0.4, 0.5) is 0 Å². The molecule has 0 bridgehead atoms. The normalized spacial score (nSPS) is 20.8. The molecule has 0 radical (unpaired) electrons. The Morgan fingerprint density at radius 2 is 2.05 bits per heavy atom.